The molecule has 4 rings (SSSR count). The lowest BCUT2D eigenvalue weighted by Crippen LogP contribution is -3.00. The lowest BCUT2D eigenvalue weighted by Gasteiger charge is -2.10. The van der Waals surface area contributed by atoms with Crippen LogP contribution in [0, 0.1) is 0 Å². The summed E-state index contributed by atoms with van der Waals surface area (Å²) >= 11 is 0. The molecule has 0 aromatic heterocycles. The number of azo groups is 1. The Kier molecular flexibility index (Phi) is 6.30. The first-order valence-electron chi connectivity index (χ1n) is 9.24. The first kappa shape index (κ1) is 21.2. The Morgan fingerprint density at radius 1 is 0.833 bits per heavy atom. The number of hydrogen-bond acceptors (Lipinski definition) is 4. The van der Waals surface area contributed by atoms with E-state index in [2.05, 4.69) is 16.0 Å². The second-order valence-corrected chi connectivity index (χ2v) is 6.87. The monoisotopic (exact) mass is 421 g/mol. The highest BCUT2D eigenvalue weighted by atomic mass is 35.5. The van der Waals surface area contributed by atoms with Gasteiger partial charge in [0.15, 0.2) is 6.04 Å². The number of nitrogens with zero attached hydrogens (tertiary/aromatic N) is 2. The third-order valence-electron chi connectivity index (χ3n) is 4.90. The number of carbonyl (C=O) groups excluding carboxylic acids is 1. The van der Waals surface area contributed by atoms with Crippen molar-refractivity contribution in [3.05, 3.63) is 78.4 Å². The van der Waals surface area contributed by atoms with Gasteiger partial charge in [0.2, 0.25) is 0 Å². The van der Waals surface area contributed by atoms with Gasteiger partial charge in [0.05, 0.1) is 11.1 Å². The third kappa shape index (κ3) is 3.96. The minimum absolute atomic E-state index is 0. The van der Waals surface area contributed by atoms with Crippen LogP contribution in [-0.2, 0) is 11.2 Å². The molecule has 4 aromatic carbocycles. The fraction of sp³-hybridized carbons (Fsp3) is 0.0870. The summed E-state index contributed by atoms with van der Waals surface area (Å²) in [7, 11) is 0. The molecular weight excluding hydrogens is 402 g/mol. The second kappa shape index (κ2) is 8.90. The standard InChI is InChI=1S/C23H19N3O3.ClH/c24-18(13-14-7-2-1-3-8-14)23(29)26-25-19-12-6-11-17-20(19)22(28)16-10-5-4-9-15(16)21(17)27;/h1-12,18,27-28H,13,24H2;1H/t18-;/m1./s1. The molecular formula is C23H20ClN3O3. The maximum absolute atomic E-state index is 12.4. The average molecular weight is 422 g/mol. The fourth-order valence-electron chi connectivity index (χ4n) is 3.42. The van der Waals surface area contributed by atoms with Crippen molar-refractivity contribution in [1.82, 2.24) is 0 Å². The Morgan fingerprint density at radius 3 is 2.13 bits per heavy atom. The highest BCUT2D eigenvalue weighted by Crippen LogP contribution is 2.45. The van der Waals surface area contributed by atoms with E-state index < -0.39 is 11.9 Å². The molecule has 0 unspecified atom stereocenters. The Morgan fingerprint density at radius 2 is 1.43 bits per heavy atom. The average Bonchev–Trinajstić information content (AvgIpc) is 2.76. The van der Waals surface area contributed by atoms with Gasteiger partial charge in [-0.1, -0.05) is 66.7 Å². The molecule has 0 spiro atoms. The van der Waals surface area contributed by atoms with Gasteiger partial charge in [-0.15, -0.1) is 10.2 Å². The van der Waals surface area contributed by atoms with Crippen molar-refractivity contribution in [3.8, 4) is 11.5 Å². The molecule has 6 nitrogen and oxygen atoms in total. The molecule has 0 aliphatic rings. The minimum Gasteiger partial charge on any atom is -1.00 e. The van der Waals surface area contributed by atoms with Gasteiger partial charge in [-0.05, 0) is 11.6 Å². The van der Waals surface area contributed by atoms with Gasteiger partial charge in [0, 0.05) is 22.6 Å². The van der Waals surface area contributed by atoms with E-state index in [0.717, 1.165) is 5.56 Å². The zero-order chi connectivity index (χ0) is 20.4. The van der Waals surface area contributed by atoms with E-state index in [-0.39, 0.29) is 23.9 Å². The second-order valence-electron chi connectivity index (χ2n) is 6.87. The number of benzene rings is 4. The van der Waals surface area contributed by atoms with Crippen molar-refractivity contribution in [2.75, 3.05) is 0 Å². The first-order chi connectivity index (χ1) is 14.1. The lowest BCUT2D eigenvalue weighted by atomic mass is 9.99. The lowest BCUT2D eigenvalue weighted by molar-refractivity contribution is -0.402. The van der Waals surface area contributed by atoms with Crippen molar-refractivity contribution in [2.45, 2.75) is 12.5 Å². The van der Waals surface area contributed by atoms with Crippen LogP contribution in [0.5, 0.6) is 11.5 Å². The molecule has 1 atom stereocenters. The van der Waals surface area contributed by atoms with E-state index >= 15 is 0 Å². The van der Waals surface area contributed by atoms with Crippen LogP contribution >= 0.6 is 0 Å². The molecule has 152 valence electrons. The first-order valence-corrected chi connectivity index (χ1v) is 9.24. The number of fused-ring (bicyclic) bond motifs is 2. The molecule has 0 aliphatic carbocycles. The molecule has 4 aromatic rings. The van der Waals surface area contributed by atoms with Crippen LogP contribution in [0.3, 0.4) is 0 Å². The molecule has 0 fully saturated rings. The summed E-state index contributed by atoms with van der Waals surface area (Å²) in [6, 6.07) is 21.1. The summed E-state index contributed by atoms with van der Waals surface area (Å²) in [5, 5.41) is 31.1. The normalized spacial score (nSPS) is 12.2. The molecule has 0 radical (unpaired) electrons. The molecule has 0 saturated heterocycles. The molecule has 1 amide bonds. The van der Waals surface area contributed by atoms with E-state index in [1.54, 1.807) is 42.5 Å². The molecule has 0 heterocycles. The number of rotatable bonds is 4. The number of carbonyl (C=O) groups is 1. The molecule has 5 N–H and O–H groups in total. The van der Waals surface area contributed by atoms with Crippen LogP contribution in [0.2, 0.25) is 0 Å². The largest absolute Gasteiger partial charge is 1.00 e. The quantitative estimate of drug-likeness (QED) is 0.258. The van der Waals surface area contributed by atoms with Crippen molar-refractivity contribution >= 4 is 33.1 Å². The van der Waals surface area contributed by atoms with E-state index in [1.807, 2.05) is 30.3 Å². The number of phenols is 2. The van der Waals surface area contributed by atoms with E-state index in [4.69, 9.17) is 0 Å². The van der Waals surface area contributed by atoms with Crippen LogP contribution in [0.4, 0.5) is 5.69 Å². The van der Waals surface area contributed by atoms with E-state index in [1.165, 1.54) is 0 Å². The van der Waals surface area contributed by atoms with Crippen molar-refractivity contribution in [3.63, 3.8) is 0 Å². The number of hydrogen-bond donors (Lipinski definition) is 3. The van der Waals surface area contributed by atoms with Crippen molar-refractivity contribution < 1.29 is 33.1 Å². The summed E-state index contributed by atoms with van der Waals surface area (Å²) in [6.45, 7) is 0. The zero-order valence-corrected chi connectivity index (χ0v) is 16.8. The SMILES string of the molecule is [Cl-].[NH3+][C@H](Cc1ccccc1)C(=O)N=Nc1cccc2c(O)c3ccccc3c(O)c12. The highest BCUT2D eigenvalue weighted by Gasteiger charge is 2.19. The summed E-state index contributed by atoms with van der Waals surface area (Å²) in [4.78, 5) is 12.4. The highest BCUT2D eigenvalue weighted by molar-refractivity contribution is 6.14. The van der Waals surface area contributed by atoms with Crippen molar-refractivity contribution in [2.24, 2.45) is 10.2 Å². The Hall–Kier alpha value is -3.48. The molecule has 0 saturated carbocycles. The molecule has 30 heavy (non-hydrogen) atoms. The number of phenolic OH excluding ortho intramolecular Hbond substituents is 2. The zero-order valence-electron chi connectivity index (χ0n) is 16.0. The third-order valence-corrected chi connectivity index (χ3v) is 4.90. The predicted molar refractivity (Wildman–Crippen MR) is 111 cm³/mol. The number of halogens is 1. The summed E-state index contributed by atoms with van der Waals surface area (Å²) in [6.07, 6.45) is 0.463. The predicted octanol–water partition coefficient (Wildman–Crippen LogP) is 0.872. The molecule has 7 heteroatoms. The van der Waals surface area contributed by atoms with Gasteiger partial charge in [-0.25, -0.2) is 0 Å². The van der Waals surface area contributed by atoms with Gasteiger partial charge in [0.25, 0.3) is 0 Å². The van der Waals surface area contributed by atoms with Gasteiger partial charge in [-0.2, -0.15) is 0 Å². The van der Waals surface area contributed by atoms with Crippen molar-refractivity contribution in [1.29, 1.82) is 0 Å². The van der Waals surface area contributed by atoms with Crippen LogP contribution < -0.4 is 18.1 Å². The van der Waals surface area contributed by atoms with Crippen LogP contribution in [0.25, 0.3) is 21.5 Å². The maximum Gasteiger partial charge on any atom is 0.322 e. The van der Waals surface area contributed by atoms with E-state index in [9.17, 15) is 15.0 Å². The van der Waals surface area contributed by atoms with Crippen LogP contribution in [0.15, 0.2) is 83.0 Å². The smallest absolute Gasteiger partial charge is 0.322 e. The van der Waals surface area contributed by atoms with Crippen LogP contribution in [-0.4, -0.2) is 22.2 Å². The Balaban J connectivity index is 0.00000256. The van der Waals surface area contributed by atoms with E-state index in [0.29, 0.717) is 33.7 Å². The Bertz CT molecular complexity index is 1240. The molecule has 0 bridgehead atoms. The maximum atomic E-state index is 12.4. The summed E-state index contributed by atoms with van der Waals surface area (Å²) < 4.78 is 0. The number of aromatic hydroxyl groups is 2. The number of quaternary nitrogens is 1. The van der Waals surface area contributed by atoms with Gasteiger partial charge >= 0.3 is 5.91 Å². The van der Waals surface area contributed by atoms with Gasteiger partial charge in [0.1, 0.15) is 11.5 Å². The summed E-state index contributed by atoms with van der Waals surface area (Å²) in [5.41, 5.74) is 5.19. The minimum atomic E-state index is -0.570. The Labute approximate surface area is 179 Å². The number of amides is 1. The van der Waals surface area contributed by atoms with Gasteiger partial charge < -0.3 is 28.4 Å². The van der Waals surface area contributed by atoms with Gasteiger partial charge in [-0.3, -0.25) is 4.79 Å². The topological polar surface area (TPSA) is 110 Å². The van der Waals surface area contributed by atoms with Crippen LogP contribution in [0.1, 0.15) is 5.56 Å². The summed E-state index contributed by atoms with van der Waals surface area (Å²) in [5.74, 6) is -0.405. The fourth-order valence-corrected chi connectivity index (χ4v) is 3.42. The molecule has 0 aliphatic heterocycles.